The molecule has 9 heteroatoms. The molecule has 2 rings (SSSR count). The lowest BCUT2D eigenvalue weighted by Crippen LogP contribution is -2.14. The summed E-state index contributed by atoms with van der Waals surface area (Å²) in [5.74, 6) is 0.0182. The monoisotopic (exact) mass is 507 g/mol. The van der Waals surface area contributed by atoms with Crippen molar-refractivity contribution in [2.24, 2.45) is 0 Å². The minimum atomic E-state index is -0.611. The molecule has 0 aliphatic rings. The highest BCUT2D eigenvalue weighted by molar-refractivity contribution is 9.11. The fraction of sp³-hybridized carbons (Fsp3) is 0.158. The summed E-state index contributed by atoms with van der Waals surface area (Å²) in [7, 11) is 0. The van der Waals surface area contributed by atoms with Gasteiger partial charge in [-0.2, -0.15) is 5.26 Å². The van der Waals surface area contributed by atoms with Crippen LogP contribution in [-0.4, -0.2) is 17.4 Å². The molecule has 0 heterocycles. The van der Waals surface area contributed by atoms with Gasteiger partial charge >= 0.3 is 0 Å². The van der Waals surface area contributed by atoms with E-state index in [1.54, 1.807) is 19.1 Å². The standard InChI is InChI=1S/C19H15Br2N3O4/c1-3-28-18-15(20)8-12(9-16(18)21)7-13(10-22)19(25)23-17-5-4-14(24(26)27)6-11(17)2/h4-9H,3H2,1-2H3,(H,23,25)/b13-7+. The number of nitriles is 1. The van der Waals surface area contributed by atoms with Gasteiger partial charge in [0.25, 0.3) is 11.6 Å². The van der Waals surface area contributed by atoms with Crippen LogP contribution in [0.25, 0.3) is 6.08 Å². The minimum Gasteiger partial charge on any atom is -0.492 e. The van der Waals surface area contributed by atoms with Crippen LogP contribution in [0.3, 0.4) is 0 Å². The molecule has 0 aliphatic heterocycles. The molecule has 0 aromatic heterocycles. The van der Waals surface area contributed by atoms with Crippen molar-refractivity contribution >= 4 is 55.2 Å². The fourth-order valence-corrected chi connectivity index (χ4v) is 3.80. The third-order valence-electron chi connectivity index (χ3n) is 3.65. The Labute approximate surface area is 178 Å². The van der Waals surface area contributed by atoms with Gasteiger partial charge in [0, 0.05) is 17.8 Å². The third-order valence-corrected chi connectivity index (χ3v) is 4.83. The van der Waals surface area contributed by atoms with Crippen molar-refractivity contribution in [1.82, 2.24) is 0 Å². The fourth-order valence-electron chi connectivity index (χ4n) is 2.35. The lowest BCUT2D eigenvalue weighted by Gasteiger charge is -2.10. The molecular weight excluding hydrogens is 494 g/mol. The van der Waals surface area contributed by atoms with E-state index < -0.39 is 10.8 Å². The van der Waals surface area contributed by atoms with Crippen LogP contribution in [0.5, 0.6) is 5.75 Å². The SMILES string of the molecule is CCOc1c(Br)cc(/C=C(\C#N)C(=O)Nc2ccc([N+](=O)[O-])cc2C)cc1Br. The van der Waals surface area contributed by atoms with Gasteiger partial charge < -0.3 is 10.1 Å². The van der Waals surface area contributed by atoms with Crippen LogP contribution in [0.4, 0.5) is 11.4 Å². The predicted molar refractivity (Wildman–Crippen MR) is 113 cm³/mol. The first-order valence-electron chi connectivity index (χ1n) is 8.06. The Morgan fingerprint density at radius 1 is 1.32 bits per heavy atom. The van der Waals surface area contributed by atoms with Crippen LogP contribution in [0.15, 0.2) is 44.9 Å². The number of hydrogen-bond acceptors (Lipinski definition) is 5. The summed E-state index contributed by atoms with van der Waals surface area (Å²) in [5, 5.41) is 22.8. The molecule has 0 fully saturated rings. The normalized spacial score (nSPS) is 10.9. The molecular formula is C19H15Br2N3O4. The molecule has 7 nitrogen and oxygen atoms in total. The van der Waals surface area contributed by atoms with E-state index in [2.05, 4.69) is 37.2 Å². The number of hydrogen-bond donors (Lipinski definition) is 1. The molecule has 0 saturated heterocycles. The van der Waals surface area contributed by atoms with Gasteiger partial charge in [-0.25, -0.2) is 0 Å². The van der Waals surface area contributed by atoms with Gasteiger partial charge in [0.15, 0.2) is 0 Å². The third kappa shape index (κ3) is 5.18. The molecule has 0 atom stereocenters. The van der Waals surface area contributed by atoms with Crippen LogP contribution < -0.4 is 10.1 Å². The number of nitrogens with one attached hydrogen (secondary N) is 1. The molecule has 0 bridgehead atoms. The zero-order valence-electron chi connectivity index (χ0n) is 15.0. The first kappa shape index (κ1) is 21.6. The summed E-state index contributed by atoms with van der Waals surface area (Å²) in [5.41, 5.74) is 1.35. The summed E-state index contributed by atoms with van der Waals surface area (Å²) in [6.45, 7) is 4.00. The second-order valence-electron chi connectivity index (χ2n) is 5.63. The Bertz CT molecular complexity index is 990. The molecule has 0 aliphatic carbocycles. The van der Waals surface area contributed by atoms with E-state index in [0.717, 1.165) is 0 Å². The average Bonchev–Trinajstić information content (AvgIpc) is 2.64. The minimum absolute atomic E-state index is 0.0735. The Morgan fingerprint density at radius 3 is 2.46 bits per heavy atom. The molecule has 2 aromatic carbocycles. The molecule has 0 saturated carbocycles. The van der Waals surface area contributed by atoms with E-state index in [0.29, 0.717) is 38.1 Å². The van der Waals surface area contributed by atoms with E-state index in [-0.39, 0.29) is 11.3 Å². The van der Waals surface area contributed by atoms with Crippen molar-refractivity contribution in [3.63, 3.8) is 0 Å². The van der Waals surface area contributed by atoms with Crippen LogP contribution in [0, 0.1) is 28.4 Å². The number of non-ortho nitro benzene ring substituents is 1. The first-order chi connectivity index (χ1) is 13.3. The number of aryl methyl sites for hydroxylation is 1. The number of benzene rings is 2. The molecule has 28 heavy (non-hydrogen) atoms. The number of rotatable bonds is 6. The maximum Gasteiger partial charge on any atom is 0.269 e. The summed E-state index contributed by atoms with van der Waals surface area (Å²) < 4.78 is 6.87. The second-order valence-corrected chi connectivity index (χ2v) is 7.34. The van der Waals surface area contributed by atoms with Gasteiger partial charge in [0.2, 0.25) is 0 Å². The Balaban J connectivity index is 2.29. The summed E-state index contributed by atoms with van der Waals surface area (Å²) in [6, 6.07) is 9.42. The number of nitrogens with zero attached hydrogens (tertiary/aromatic N) is 2. The van der Waals surface area contributed by atoms with Crippen molar-refractivity contribution in [1.29, 1.82) is 5.26 Å². The van der Waals surface area contributed by atoms with Crippen molar-refractivity contribution in [2.45, 2.75) is 13.8 Å². The lowest BCUT2D eigenvalue weighted by atomic mass is 10.1. The zero-order chi connectivity index (χ0) is 20.8. The van der Waals surface area contributed by atoms with Crippen molar-refractivity contribution in [3.8, 4) is 11.8 Å². The number of anilines is 1. The van der Waals surface area contributed by atoms with Gasteiger partial charge in [0.05, 0.1) is 20.5 Å². The van der Waals surface area contributed by atoms with Gasteiger partial charge in [-0.3, -0.25) is 14.9 Å². The number of nitro benzene ring substituents is 1. The summed E-state index contributed by atoms with van der Waals surface area (Å²) in [6.07, 6.45) is 1.45. The highest BCUT2D eigenvalue weighted by Gasteiger charge is 2.14. The molecule has 0 spiro atoms. The molecule has 144 valence electrons. The second kappa shape index (κ2) is 9.48. The van der Waals surface area contributed by atoms with Crippen molar-refractivity contribution < 1.29 is 14.5 Å². The molecule has 1 amide bonds. The van der Waals surface area contributed by atoms with Gasteiger partial charge in [-0.1, -0.05) is 0 Å². The van der Waals surface area contributed by atoms with Crippen molar-refractivity contribution in [3.05, 3.63) is 66.1 Å². The average molecular weight is 509 g/mol. The smallest absolute Gasteiger partial charge is 0.269 e. The quantitative estimate of drug-likeness (QED) is 0.244. The van der Waals surface area contributed by atoms with Crippen LogP contribution in [0.2, 0.25) is 0 Å². The first-order valence-corrected chi connectivity index (χ1v) is 9.65. The lowest BCUT2D eigenvalue weighted by molar-refractivity contribution is -0.384. The van der Waals surface area contributed by atoms with Crippen molar-refractivity contribution in [2.75, 3.05) is 11.9 Å². The van der Waals surface area contributed by atoms with Crippen LogP contribution >= 0.6 is 31.9 Å². The zero-order valence-corrected chi connectivity index (χ0v) is 18.1. The van der Waals surface area contributed by atoms with E-state index >= 15 is 0 Å². The van der Waals surface area contributed by atoms with E-state index in [1.165, 1.54) is 24.3 Å². The molecule has 0 radical (unpaired) electrons. The van der Waals surface area contributed by atoms with Crippen LogP contribution in [0.1, 0.15) is 18.1 Å². The number of ether oxygens (including phenoxy) is 1. The molecule has 0 unspecified atom stereocenters. The largest absolute Gasteiger partial charge is 0.492 e. The predicted octanol–water partition coefficient (Wildman–Crippen LogP) is 5.37. The molecule has 2 aromatic rings. The Hall–Kier alpha value is -2.70. The van der Waals surface area contributed by atoms with E-state index in [9.17, 15) is 20.2 Å². The van der Waals surface area contributed by atoms with Crippen LogP contribution in [-0.2, 0) is 4.79 Å². The van der Waals surface area contributed by atoms with E-state index in [1.807, 2.05) is 13.0 Å². The highest BCUT2D eigenvalue weighted by atomic mass is 79.9. The van der Waals surface area contributed by atoms with E-state index in [4.69, 9.17) is 4.74 Å². The topological polar surface area (TPSA) is 105 Å². The summed E-state index contributed by atoms with van der Waals surface area (Å²) >= 11 is 6.81. The van der Waals surface area contributed by atoms with Gasteiger partial charge in [0.1, 0.15) is 17.4 Å². The Morgan fingerprint density at radius 2 is 1.96 bits per heavy atom. The number of nitro groups is 1. The number of carbonyl (C=O) groups is 1. The highest BCUT2D eigenvalue weighted by Crippen LogP contribution is 2.35. The number of carbonyl (C=O) groups excluding carboxylic acids is 1. The van der Waals surface area contributed by atoms with Gasteiger partial charge in [-0.05, 0) is 81.1 Å². The van der Waals surface area contributed by atoms with Gasteiger partial charge in [-0.15, -0.1) is 0 Å². The summed E-state index contributed by atoms with van der Waals surface area (Å²) in [4.78, 5) is 22.8. The molecule has 1 N–H and O–H groups in total. The number of amides is 1. The number of halogens is 2. The maximum atomic E-state index is 12.5. The maximum absolute atomic E-state index is 12.5. The Kier molecular flexibility index (Phi) is 7.31.